The smallest absolute Gasteiger partial charge is 0.423 e. The molecule has 0 aliphatic carbocycles. The van der Waals surface area contributed by atoms with Gasteiger partial charge >= 0.3 is 24.0 Å². The number of rotatable bonds is 0. The van der Waals surface area contributed by atoms with Crippen LogP contribution in [0.3, 0.4) is 0 Å². The van der Waals surface area contributed by atoms with Gasteiger partial charge in [-0.3, -0.25) is 4.79 Å². The molecule has 10 heteroatoms. The number of nitrogens with zero attached hydrogens (tertiary/aromatic N) is 1. The molecule has 0 spiro atoms. The fourth-order valence-electron chi connectivity index (χ4n) is 2.39. The molecular formula is C9H8F7NO2. The van der Waals surface area contributed by atoms with Gasteiger partial charge in [-0.05, 0) is 12.8 Å². The lowest BCUT2D eigenvalue weighted by molar-refractivity contribution is -0.403. The zero-order valence-corrected chi connectivity index (χ0v) is 9.19. The monoisotopic (exact) mass is 295 g/mol. The van der Waals surface area contributed by atoms with Crippen LogP contribution in [-0.4, -0.2) is 47.7 Å². The van der Waals surface area contributed by atoms with Crippen molar-refractivity contribution in [1.29, 1.82) is 0 Å². The number of piperidine rings is 1. The van der Waals surface area contributed by atoms with E-state index in [0.29, 0.717) is 0 Å². The van der Waals surface area contributed by atoms with Crippen LogP contribution in [0.2, 0.25) is 0 Å². The molecule has 110 valence electrons. The fourth-order valence-corrected chi connectivity index (χ4v) is 2.39. The van der Waals surface area contributed by atoms with E-state index in [-0.39, 0.29) is 11.3 Å². The third-order valence-corrected chi connectivity index (χ3v) is 3.22. The SMILES string of the molecule is O=C1OC(C(F)(F)F)(C(F)(F)F)N2C[C@H](F)CC[C@@H]12. The number of halogens is 7. The van der Waals surface area contributed by atoms with Gasteiger partial charge in [-0.15, -0.1) is 0 Å². The van der Waals surface area contributed by atoms with Crippen molar-refractivity contribution in [3.05, 3.63) is 0 Å². The first-order chi connectivity index (χ1) is 8.50. The predicted molar refractivity (Wildman–Crippen MR) is 45.6 cm³/mol. The molecule has 2 fully saturated rings. The Kier molecular flexibility index (Phi) is 3.00. The van der Waals surface area contributed by atoms with Crippen molar-refractivity contribution in [2.45, 2.75) is 43.1 Å². The highest BCUT2D eigenvalue weighted by atomic mass is 19.4. The Bertz CT molecular complexity index is 377. The Labute approximate surface area is 102 Å². The van der Waals surface area contributed by atoms with Gasteiger partial charge in [-0.2, -0.15) is 26.3 Å². The number of esters is 1. The van der Waals surface area contributed by atoms with Crippen LogP contribution in [0.5, 0.6) is 0 Å². The van der Waals surface area contributed by atoms with E-state index in [9.17, 15) is 35.5 Å². The number of cyclic esters (lactones) is 1. The number of fused-ring (bicyclic) bond motifs is 1. The lowest BCUT2D eigenvalue weighted by Crippen LogP contribution is -2.68. The molecular weight excluding hydrogens is 287 g/mol. The average molecular weight is 295 g/mol. The fraction of sp³-hybridized carbons (Fsp3) is 0.889. The summed E-state index contributed by atoms with van der Waals surface area (Å²) in [7, 11) is 0. The Morgan fingerprint density at radius 1 is 1.11 bits per heavy atom. The summed E-state index contributed by atoms with van der Waals surface area (Å²) in [4.78, 5) is 11.0. The van der Waals surface area contributed by atoms with E-state index < -0.39 is 49.2 Å². The Balaban J connectivity index is 2.52. The van der Waals surface area contributed by atoms with E-state index in [0.717, 1.165) is 0 Å². The van der Waals surface area contributed by atoms with E-state index in [1.54, 1.807) is 0 Å². The lowest BCUT2D eigenvalue weighted by Gasteiger charge is -2.41. The van der Waals surface area contributed by atoms with E-state index in [2.05, 4.69) is 4.74 Å². The molecule has 19 heavy (non-hydrogen) atoms. The quantitative estimate of drug-likeness (QED) is 0.507. The predicted octanol–water partition coefficient (Wildman–Crippen LogP) is 2.17. The third kappa shape index (κ3) is 1.87. The molecule has 2 rings (SSSR count). The van der Waals surface area contributed by atoms with Crippen molar-refractivity contribution < 1.29 is 40.3 Å². The molecule has 0 N–H and O–H groups in total. The van der Waals surface area contributed by atoms with Crippen LogP contribution in [-0.2, 0) is 9.53 Å². The molecule has 0 aromatic heterocycles. The third-order valence-electron chi connectivity index (χ3n) is 3.22. The van der Waals surface area contributed by atoms with Crippen molar-refractivity contribution in [1.82, 2.24) is 4.90 Å². The summed E-state index contributed by atoms with van der Waals surface area (Å²) in [6.45, 7) is -1.14. The second-order valence-corrected chi connectivity index (χ2v) is 4.40. The van der Waals surface area contributed by atoms with Gasteiger partial charge in [0.15, 0.2) is 0 Å². The summed E-state index contributed by atoms with van der Waals surface area (Å²) in [5.41, 5.74) is -4.74. The second kappa shape index (κ2) is 3.97. The summed E-state index contributed by atoms with van der Waals surface area (Å²) in [5, 5.41) is 0. The van der Waals surface area contributed by atoms with Gasteiger partial charge in [0.05, 0.1) is 0 Å². The Morgan fingerprint density at radius 2 is 1.63 bits per heavy atom. The first kappa shape index (κ1) is 14.4. The van der Waals surface area contributed by atoms with Crippen molar-refractivity contribution >= 4 is 5.97 Å². The molecule has 0 unspecified atom stereocenters. The van der Waals surface area contributed by atoms with E-state index in [1.807, 2.05) is 0 Å². The molecule has 2 atom stereocenters. The minimum Gasteiger partial charge on any atom is -0.423 e. The summed E-state index contributed by atoms with van der Waals surface area (Å²) in [6, 6.07) is -1.71. The lowest BCUT2D eigenvalue weighted by atomic mass is 9.99. The minimum atomic E-state index is -5.90. The van der Waals surface area contributed by atoms with Crippen molar-refractivity contribution in [3.63, 3.8) is 0 Å². The molecule has 2 aliphatic heterocycles. The number of alkyl halides is 7. The van der Waals surface area contributed by atoms with E-state index >= 15 is 0 Å². The molecule has 0 aromatic rings. The standard InChI is InChI=1S/C9H8F7NO2/c10-4-1-2-5-6(18)19-7(8(11,12)13,9(14,15)16)17(5)3-4/h4-5H,1-3H2/t4-,5+/m1/s1. The van der Waals surface area contributed by atoms with Crippen LogP contribution in [0.1, 0.15) is 12.8 Å². The Hall–Kier alpha value is -1.06. The van der Waals surface area contributed by atoms with Gasteiger partial charge in [0.1, 0.15) is 12.2 Å². The maximum absolute atomic E-state index is 13.1. The highest BCUT2D eigenvalue weighted by molar-refractivity contribution is 5.79. The summed E-state index contributed by atoms with van der Waals surface area (Å²) >= 11 is 0. The van der Waals surface area contributed by atoms with Crippen LogP contribution in [0, 0.1) is 0 Å². The molecule has 2 aliphatic rings. The van der Waals surface area contributed by atoms with Gasteiger partial charge in [-0.1, -0.05) is 0 Å². The average Bonchev–Trinajstić information content (AvgIpc) is 2.51. The first-order valence-corrected chi connectivity index (χ1v) is 5.28. The van der Waals surface area contributed by atoms with Crippen LogP contribution < -0.4 is 0 Å². The molecule has 0 saturated carbocycles. The maximum atomic E-state index is 13.1. The van der Waals surface area contributed by atoms with E-state index in [4.69, 9.17) is 0 Å². The second-order valence-electron chi connectivity index (χ2n) is 4.40. The van der Waals surface area contributed by atoms with Gasteiger partial charge in [-0.25, -0.2) is 9.29 Å². The first-order valence-electron chi connectivity index (χ1n) is 5.28. The number of carbonyl (C=O) groups is 1. The molecule has 0 bridgehead atoms. The van der Waals surface area contributed by atoms with Crippen LogP contribution in [0.15, 0.2) is 0 Å². The molecule has 2 saturated heterocycles. The van der Waals surface area contributed by atoms with Gasteiger partial charge in [0.2, 0.25) is 0 Å². The molecule has 3 nitrogen and oxygen atoms in total. The minimum absolute atomic E-state index is 0.260. The Morgan fingerprint density at radius 3 is 2.11 bits per heavy atom. The zero-order valence-electron chi connectivity index (χ0n) is 9.19. The van der Waals surface area contributed by atoms with E-state index in [1.165, 1.54) is 0 Å². The highest BCUT2D eigenvalue weighted by Crippen LogP contribution is 2.53. The zero-order chi connectivity index (χ0) is 14.6. The summed E-state index contributed by atoms with van der Waals surface area (Å²) < 4.78 is 93.7. The largest absolute Gasteiger partial charge is 0.453 e. The summed E-state index contributed by atoms with van der Waals surface area (Å²) in [5.74, 6) is -1.62. The molecule has 0 amide bonds. The van der Waals surface area contributed by atoms with Gasteiger partial charge in [0, 0.05) is 6.54 Å². The van der Waals surface area contributed by atoms with Crippen molar-refractivity contribution in [2.75, 3.05) is 6.54 Å². The number of ether oxygens (including phenoxy) is 1. The van der Waals surface area contributed by atoms with Gasteiger partial charge < -0.3 is 4.74 Å². The van der Waals surface area contributed by atoms with Crippen molar-refractivity contribution in [2.24, 2.45) is 0 Å². The number of carbonyl (C=O) groups excluding carboxylic acids is 1. The van der Waals surface area contributed by atoms with Crippen molar-refractivity contribution in [3.8, 4) is 0 Å². The van der Waals surface area contributed by atoms with Crippen LogP contribution >= 0.6 is 0 Å². The normalized spacial score (nSPS) is 32.1. The van der Waals surface area contributed by atoms with Gasteiger partial charge in [0.25, 0.3) is 0 Å². The molecule has 0 radical (unpaired) electrons. The summed E-state index contributed by atoms with van der Waals surface area (Å²) in [6.07, 6.45) is -14.4. The topological polar surface area (TPSA) is 29.5 Å². The van der Waals surface area contributed by atoms with Crippen LogP contribution in [0.25, 0.3) is 0 Å². The number of hydrogen-bond acceptors (Lipinski definition) is 3. The highest BCUT2D eigenvalue weighted by Gasteiger charge is 2.82. The van der Waals surface area contributed by atoms with Crippen LogP contribution in [0.4, 0.5) is 30.7 Å². The molecule has 0 aromatic carbocycles. The maximum Gasteiger partial charge on any atom is 0.453 e. The molecule has 2 heterocycles. The number of hydrogen-bond donors (Lipinski definition) is 0.